The van der Waals surface area contributed by atoms with Crippen LogP contribution in [0.5, 0.6) is 0 Å². The monoisotopic (exact) mass is 348 g/mol. The lowest BCUT2D eigenvalue weighted by Crippen LogP contribution is -2.17. The summed E-state index contributed by atoms with van der Waals surface area (Å²) in [5.41, 5.74) is 0. The molecular formula is C7H10I2. The Hall–Kier alpha value is 1.46. The standard InChI is InChI=1S/C7H10I2/c8-6-3-1-2-4-7(6,9)5-6/h1-5H2. The van der Waals surface area contributed by atoms with Gasteiger partial charge in [0, 0.05) is 6.84 Å². The van der Waals surface area contributed by atoms with Crippen LogP contribution in [0.25, 0.3) is 0 Å². The van der Waals surface area contributed by atoms with Crippen molar-refractivity contribution in [3.63, 3.8) is 0 Å². The third-order valence-corrected chi connectivity index (χ3v) is 7.57. The highest BCUT2D eigenvalue weighted by Gasteiger charge is 2.64. The first-order valence-corrected chi connectivity index (χ1v) is 5.70. The summed E-state index contributed by atoms with van der Waals surface area (Å²) in [7, 11) is 0. The van der Waals surface area contributed by atoms with Crippen molar-refractivity contribution in [3.05, 3.63) is 0 Å². The molecule has 2 rings (SSSR count). The molecule has 0 spiro atoms. The van der Waals surface area contributed by atoms with Crippen molar-refractivity contribution < 1.29 is 0 Å². The Bertz CT molecular complexity index is 122. The zero-order chi connectivity index (χ0) is 6.54. The fourth-order valence-electron chi connectivity index (χ4n) is 1.84. The fraction of sp³-hybridized carbons (Fsp3) is 1.00. The molecule has 0 aliphatic heterocycles. The Kier molecular flexibility index (Phi) is 1.57. The van der Waals surface area contributed by atoms with E-state index in [1.165, 1.54) is 32.1 Å². The van der Waals surface area contributed by atoms with E-state index in [0.29, 0.717) is 0 Å². The Morgan fingerprint density at radius 2 is 1.33 bits per heavy atom. The topological polar surface area (TPSA) is 0 Å². The second-order valence-corrected chi connectivity index (χ2v) is 7.44. The molecule has 9 heavy (non-hydrogen) atoms. The summed E-state index contributed by atoms with van der Waals surface area (Å²) in [6.07, 6.45) is 7.41. The minimum atomic E-state index is 0.740. The highest BCUT2D eigenvalue weighted by Crippen LogP contribution is 2.68. The molecule has 2 unspecified atom stereocenters. The van der Waals surface area contributed by atoms with Crippen molar-refractivity contribution in [2.24, 2.45) is 0 Å². The van der Waals surface area contributed by atoms with Gasteiger partial charge >= 0.3 is 0 Å². The normalized spacial score (nSPS) is 56.7. The summed E-state index contributed by atoms with van der Waals surface area (Å²) < 4.78 is 1.48. The predicted molar refractivity (Wildman–Crippen MR) is 56.6 cm³/mol. The molecule has 0 heterocycles. The maximum absolute atomic E-state index is 2.67. The zero-order valence-corrected chi connectivity index (χ0v) is 9.61. The molecule has 52 valence electrons. The third kappa shape index (κ3) is 0.957. The lowest BCUT2D eigenvalue weighted by Gasteiger charge is -2.20. The van der Waals surface area contributed by atoms with E-state index in [2.05, 4.69) is 45.2 Å². The van der Waals surface area contributed by atoms with Gasteiger partial charge < -0.3 is 0 Å². The number of halogens is 2. The molecule has 0 aromatic heterocycles. The molecule has 0 amide bonds. The van der Waals surface area contributed by atoms with Gasteiger partial charge in [-0.2, -0.15) is 0 Å². The smallest absolute Gasteiger partial charge is 0.0381 e. The van der Waals surface area contributed by atoms with Crippen molar-refractivity contribution in [1.82, 2.24) is 0 Å². The van der Waals surface area contributed by atoms with Gasteiger partial charge in [0.25, 0.3) is 0 Å². The van der Waals surface area contributed by atoms with Gasteiger partial charge in [-0.1, -0.05) is 58.0 Å². The van der Waals surface area contributed by atoms with Crippen LogP contribution in [0, 0.1) is 0 Å². The van der Waals surface area contributed by atoms with E-state index in [4.69, 9.17) is 0 Å². The van der Waals surface area contributed by atoms with Gasteiger partial charge in [0.1, 0.15) is 0 Å². The zero-order valence-electron chi connectivity index (χ0n) is 5.29. The molecule has 2 fully saturated rings. The van der Waals surface area contributed by atoms with Gasteiger partial charge in [-0.3, -0.25) is 0 Å². The minimum Gasteiger partial charge on any atom is -0.0774 e. The van der Waals surface area contributed by atoms with E-state index in [-0.39, 0.29) is 0 Å². The maximum atomic E-state index is 2.67. The number of alkyl halides is 2. The average molecular weight is 348 g/mol. The van der Waals surface area contributed by atoms with Crippen molar-refractivity contribution in [2.75, 3.05) is 0 Å². The summed E-state index contributed by atoms with van der Waals surface area (Å²) >= 11 is 5.35. The summed E-state index contributed by atoms with van der Waals surface area (Å²) in [6.45, 7) is 0. The first kappa shape index (κ1) is 7.13. The van der Waals surface area contributed by atoms with Crippen LogP contribution in [0.15, 0.2) is 0 Å². The number of hydrogen-bond donors (Lipinski definition) is 0. The number of hydrogen-bond acceptors (Lipinski definition) is 0. The Morgan fingerprint density at radius 3 is 1.67 bits per heavy atom. The van der Waals surface area contributed by atoms with E-state index in [1.807, 2.05) is 0 Å². The Labute approximate surface area is 83.4 Å². The first-order chi connectivity index (χ1) is 4.16. The molecule has 2 heteroatoms. The van der Waals surface area contributed by atoms with Crippen molar-refractivity contribution in [3.8, 4) is 0 Å². The summed E-state index contributed by atoms with van der Waals surface area (Å²) in [5, 5.41) is 0. The molecule has 0 radical (unpaired) electrons. The van der Waals surface area contributed by atoms with Crippen LogP contribution < -0.4 is 0 Å². The van der Waals surface area contributed by atoms with Gasteiger partial charge in [-0.05, 0) is 19.3 Å². The molecule has 0 aromatic carbocycles. The van der Waals surface area contributed by atoms with Crippen molar-refractivity contribution in [2.45, 2.75) is 38.9 Å². The van der Waals surface area contributed by atoms with Crippen LogP contribution in [-0.4, -0.2) is 6.84 Å². The second kappa shape index (κ2) is 1.99. The lowest BCUT2D eigenvalue weighted by molar-refractivity contribution is 0.551. The van der Waals surface area contributed by atoms with E-state index in [0.717, 1.165) is 6.84 Å². The molecule has 0 aromatic rings. The molecular weight excluding hydrogens is 338 g/mol. The van der Waals surface area contributed by atoms with E-state index >= 15 is 0 Å². The van der Waals surface area contributed by atoms with Gasteiger partial charge in [0.05, 0.1) is 0 Å². The molecule has 2 atom stereocenters. The Morgan fingerprint density at radius 1 is 0.889 bits per heavy atom. The van der Waals surface area contributed by atoms with E-state index in [1.54, 1.807) is 0 Å². The number of rotatable bonds is 0. The van der Waals surface area contributed by atoms with Gasteiger partial charge in [0.2, 0.25) is 0 Å². The molecule has 0 bridgehead atoms. The highest BCUT2D eigenvalue weighted by atomic mass is 127. The molecule has 2 aliphatic carbocycles. The minimum absolute atomic E-state index is 0.740. The number of fused-ring (bicyclic) bond motifs is 1. The van der Waals surface area contributed by atoms with Crippen LogP contribution in [0.2, 0.25) is 0 Å². The average Bonchev–Trinajstić information content (AvgIpc) is 2.33. The molecule has 2 aliphatic rings. The summed E-state index contributed by atoms with van der Waals surface area (Å²) in [4.78, 5) is 0. The molecule has 0 saturated heterocycles. The van der Waals surface area contributed by atoms with Crippen LogP contribution in [-0.2, 0) is 0 Å². The van der Waals surface area contributed by atoms with Crippen LogP contribution in [0.3, 0.4) is 0 Å². The lowest BCUT2D eigenvalue weighted by atomic mass is 10.0. The molecule has 0 N–H and O–H groups in total. The van der Waals surface area contributed by atoms with Crippen LogP contribution in [0.4, 0.5) is 0 Å². The molecule has 0 nitrogen and oxygen atoms in total. The van der Waals surface area contributed by atoms with Crippen molar-refractivity contribution >= 4 is 45.2 Å². The largest absolute Gasteiger partial charge is 0.0774 e. The first-order valence-electron chi connectivity index (χ1n) is 3.54. The van der Waals surface area contributed by atoms with Crippen LogP contribution >= 0.6 is 45.2 Å². The summed E-state index contributed by atoms with van der Waals surface area (Å²) in [5.74, 6) is 0. The highest BCUT2D eigenvalue weighted by molar-refractivity contribution is 14.1. The quantitative estimate of drug-likeness (QED) is 0.466. The fourth-order valence-corrected chi connectivity index (χ4v) is 5.17. The van der Waals surface area contributed by atoms with Crippen molar-refractivity contribution in [1.29, 1.82) is 0 Å². The second-order valence-electron chi connectivity index (χ2n) is 3.31. The van der Waals surface area contributed by atoms with E-state index in [9.17, 15) is 0 Å². The van der Waals surface area contributed by atoms with Gasteiger partial charge in [0.15, 0.2) is 0 Å². The molecule has 2 saturated carbocycles. The van der Waals surface area contributed by atoms with Gasteiger partial charge in [-0.15, -0.1) is 0 Å². The maximum Gasteiger partial charge on any atom is 0.0381 e. The Balaban J connectivity index is 2.15. The predicted octanol–water partition coefficient (Wildman–Crippen LogP) is 3.31. The van der Waals surface area contributed by atoms with Gasteiger partial charge in [-0.25, -0.2) is 0 Å². The third-order valence-electron chi connectivity index (χ3n) is 2.63. The summed E-state index contributed by atoms with van der Waals surface area (Å²) in [6, 6.07) is 0. The van der Waals surface area contributed by atoms with E-state index < -0.39 is 0 Å². The van der Waals surface area contributed by atoms with Crippen LogP contribution in [0.1, 0.15) is 32.1 Å². The SMILES string of the molecule is IC12CCCCC1(I)C2.